The largest absolute Gasteiger partial charge is 0.453 e. The van der Waals surface area contributed by atoms with E-state index in [1.165, 1.54) is 24.2 Å². The number of hydrogen-bond donors (Lipinski definition) is 2. The number of tetrazole rings is 1. The molecule has 0 unspecified atom stereocenters. The van der Waals surface area contributed by atoms with Crippen LogP contribution < -0.4 is 5.32 Å². The molecule has 42 heavy (non-hydrogen) atoms. The van der Waals surface area contributed by atoms with Gasteiger partial charge in [-0.25, -0.2) is 9.78 Å². The van der Waals surface area contributed by atoms with Gasteiger partial charge in [0.1, 0.15) is 23.0 Å². The first kappa shape index (κ1) is 28.5. The van der Waals surface area contributed by atoms with E-state index in [9.17, 15) is 9.59 Å². The van der Waals surface area contributed by atoms with Crippen LogP contribution in [0.4, 0.5) is 10.5 Å². The second-order valence-electron chi connectivity index (χ2n) is 9.01. The minimum absolute atomic E-state index is 0.162. The molecule has 2 heterocycles. The Labute approximate surface area is 250 Å². The Morgan fingerprint density at radius 1 is 1.05 bits per heavy atom. The number of benzene rings is 3. The highest BCUT2D eigenvalue weighted by molar-refractivity contribution is 6.32. The molecule has 2 N–H and O–H groups in total. The van der Waals surface area contributed by atoms with Gasteiger partial charge in [0, 0.05) is 34.5 Å². The standard InChI is InChI=1S/C29H24Cl2N8O3/c1-42-29(41)33-23-11-7-20(8-12-23)27-28(31)35-25(34-27)17-38(16-19-5-3-2-4-6-19)26(40)14-9-21-15-22(30)10-13-24(21)39-18-32-36-37-39/h2-15,18H,16-17H2,1H3,(H,33,41)(H,34,35)/b14-9+. The van der Waals surface area contributed by atoms with E-state index in [4.69, 9.17) is 23.2 Å². The van der Waals surface area contributed by atoms with Crippen LogP contribution in [0.5, 0.6) is 0 Å². The number of amides is 2. The molecular weight excluding hydrogens is 579 g/mol. The zero-order chi connectivity index (χ0) is 29.5. The number of ether oxygens (including phenoxy) is 1. The van der Waals surface area contributed by atoms with Crippen LogP contribution in [-0.2, 0) is 22.6 Å². The summed E-state index contributed by atoms with van der Waals surface area (Å²) in [5, 5.41) is 14.7. The lowest BCUT2D eigenvalue weighted by Gasteiger charge is -2.20. The van der Waals surface area contributed by atoms with Crippen molar-refractivity contribution in [3.8, 4) is 16.9 Å². The number of carbonyl (C=O) groups excluding carboxylic acids is 2. The second kappa shape index (κ2) is 13.1. The molecule has 11 nitrogen and oxygen atoms in total. The Balaban J connectivity index is 1.39. The van der Waals surface area contributed by atoms with Gasteiger partial charge >= 0.3 is 6.09 Å². The monoisotopic (exact) mass is 602 g/mol. The summed E-state index contributed by atoms with van der Waals surface area (Å²) in [6, 6.07) is 21.9. The molecule has 0 radical (unpaired) electrons. The lowest BCUT2D eigenvalue weighted by Crippen LogP contribution is -2.29. The highest BCUT2D eigenvalue weighted by Gasteiger charge is 2.18. The van der Waals surface area contributed by atoms with Crippen LogP contribution in [-0.4, -0.2) is 54.2 Å². The molecule has 3 aromatic carbocycles. The number of nitrogens with zero attached hydrogens (tertiary/aromatic N) is 6. The summed E-state index contributed by atoms with van der Waals surface area (Å²) >= 11 is 12.8. The third-order valence-corrected chi connectivity index (χ3v) is 6.67. The van der Waals surface area contributed by atoms with E-state index >= 15 is 0 Å². The van der Waals surface area contributed by atoms with Crippen molar-refractivity contribution in [3.63, 3.8) is 0 Å². The van der Waals surface area contributed by atoms with Gasteiger partial charge < -0.3 is 14.6 Å². The Morgan fingerprint density at radius 3 is 2.55 bits per heavy atom. The van der Waals surface area contributed by atoms with Crippen LogP contribution in [0.1, 0.15) is 17.0 Å². The van der Waals surface area contributed by atoms with Crippen LogP contribution in [0, 0.1) is 0 Å². The number of aromatic amines is 1. The number of H-pyrrole nitrogens is 1. The lowest BCUT2D eigenvalue weighted by molar-refractivity contribution is -0.127. The molecule has 0 spiro atoms. The summed E-state index contributed by atoms with van der Waals surface area (Å²) in [5.74, 6) is 0.246. The highest BCUT2D eigenvalue weighted by atomic mass is 35.5. The van der Waals surface area contributed by atoms with E-state index < -0.39 is 6.09 Å². The number of anilines is 1. The fraction of sp³-hybridized carbons (Fsp3) is 0.103. The van der Waals surface area contributed by atoms with E-state index in [-0.39, 0.29) is 12.5 Å². The summed E-state index contributed by atoms with van der Waals surface area (Å²) < 4.78 is 6.11. The molecule has 0 atom stereocenters. The summed E-state index contributed by atoms with van der Waals surface area (Å²) in [6.07, 6.45) is 4.04. The van der Waals surface area contributed by atoms with E-state index in [1.807, 2.05) is 30.3 Å². The minimum Gasteiger partial charge on any atom is -0.453 e. The topological polar surface area (TPSA) is 131 Å². The van der Waals surface area contributed by atoms with Crippen LogP contribution in [0.25, 0.3) is 23.0 Å². The molecule has 0 bridgehead atoms. The number of aromatic nitrogens is 6. The third-order valence-electron chi connectivity index (χ3n) is 6.16. The summed E-state index contributed by atoms with van der Waals surface area (Å²) in [5.41, 5.74) is 4.09. The SMILES string of the molecule is COC(=O)Nc1ccc(-c2nc(CN(Cc3ccccc3)C(=O)/C=C/c3cc(Cl)ccc3-n3cnnn3)[nH]c2Cl)cc1. The Bertz CT molecular complexity index is 1710. The fourth-order valence-electron chi connectivity index (χ4n) is 4.15. The van der Waals surface area contributed by atoms with Crippen molar-refractivity contribution in [1.82, 2.24) is 35.1 Å². The second-order valence-corrected chi connectivity index (χ2v) is 9.83. The molecular formula is C29H24Cl2N8O3. The molecule has 0 saturated carbocycles. The number of hydrogen-bond acceptors (Lipinski definition) is 7. The third kappa shape index (κ3) is 7.00. The molecule has 2 aromatic heterocycles. The van der Waals surface area contributed by atoms with Crippen molar-refractivity contribution in [1.29, 1.82) is 0 Å². The molecule has 212 valence electrons. The van der Waals surface area contributed by atoms with Crippen molar-refractivity contribution in [2.75, 3.05) is 12.4 Å². The van der Waals surface area contributed by atoms with Crippen LogP contribution in [0.2, 0.25) is 10.2 Å². The highest BCUT2D eigenvalue weighted by Crippen LogP contribution is 2.28. The predicted octanol–water partition coefficient (Wildman–Crippen LogP) is 5.78. The average molecular weight is 603 g/mol. The lowest BCUT2D eigenvalue weighted by atomic mass is 10.1. The van der Waals surface area contributed by atoms with Gasteiger partial charge in [-0.15, -0.1) is 5.10 Å². The van der Waals surface area contributed by atoms with E-state index in [2.05, 4.69) is 35.5 Å². The zero-order valence-electron chi connectivity index (χ0n) is 22.2. The maximum atomic E-state index is 13.6. The number of nitrogens with one attached hydrogen (secondary N) is 2. The van der Waals surface area contributed by atoms with E-state index in [0.29, 0.717) is 45.2 Å². The number of methoxy groups -OCH3 is 1. The van der Waals surface area contributed by atoms with Crippen molar-refractivity contribution >= 4 is 47.0 Å². The molecule has 0 aliphatic carbocycles. The average Bonchev–Trinajstić information content (AvgIpc) is 3.66. The first-order valence-corrected chi connectivity index (χ1v) is 13.4. The van der Waals surface area contributed by atoms with Crippen molar-refractivity contribution in [2.24, 2.45) is 0 Å². The Hall–Kier alpha value is -5.00. The molecule has 0 fully saturated rings. The molecule has 0 aliphatic heterocycles. The van der Waals surface area contributed by atoms with Gasteiger partial charge in [0.05, 0.1) is 19.3 Å². The summed E-state index contributed by atoms with van der Waals surface area (Å²) in [6.45, 7) is 0.496. The Kier molecular flexibility index (Phi) is 8.90. The van der Waals surface area contributed by atoms with E-state index in [1.54, 1.807) is 53.4 Å². The number of halogens is 2. The number of imidazole rings is 1. The van der Waals surface area contributed by atoms with Gasteiger partial charge in [0.15, 0.2) is 0 Å². The van der Waals surface area contributed by atoms with Gasteiger partial charge in [0.2, 0.25) is 5.91 Å². The van der Waals surface area contributed by atoms with Crippen molar-refractivity contribution < 1.29 is 14.3 Å². The molecule has 5 aromatic rings. The van der Waals surface area contributed by atoms with Crippen LogP contribution in [0.3, 0.4) is 0 Å². The zero-order valence-corrected chi connectivity index (χ0v) is 23.8. The van der Waals surface area contributed by atoms with E-state index in [0.717, 1.165) is 11.1 Å². The normalized spacial score (nSPS) is 11.0. The molecule has 5 rings (SSSR count). The smallest absolute Gasteiger partial charge is 0.411 e. The Morgan fingerprint density at radius 2 is 1.83 bits per heavy atom. The van der Waals surface area contributed by atoms with Gasteiger partial charge in [-0.1, -0.05) is 65.7 Å². The molecule has 0 aliphatic rings. The maximum Gasteiger partial charge on any atom is 0.411 e. The summed E-state index contributed by atoms with van der Waals surface area (Å²) in [7, 11) is 1.29. The number of carbonyl (C=O) groups is 2. The molecule has 13 heteroatoms. The minimum atomic E-state index is -0.568. The van der Waals surface area contributed by atoms with Gasteiger partial charge in [-0.2, -0.15) is 4.68 Å². The predicted molar refractivity (Wildman–Crippen MR) is 159 cm³/mol. The quantitative estimate of drug-likeness (QED) is 0.204. The first-order chi connectivity index (χ1) is 20.4. The summed E-state index contributed by atoms with van der Waals surface area (Å²) in [4.78, 5) is 34.4. The molecule has 0 saturated heterocycles. The van der Waals surface area contributed by atoms with Crippen molar-refractivity contribution in [3.05, 3.63) is 112 Å². The van der Waals surface area contributed by atoms with Gasteiger partial charge in [-0.3, -0.25) is 10.1 Å². The van der Waals surface area contributed by atoms with Crippen LogP contribution in [0.15, 0.2) is 85.2 Å². The molecule has 2 amide bonds. The van der Waals surface area contributed by atoms with Crippen molar-refractivity contribution in [2.45, 2.75) is 13.1 Å². The van der Waals surface area contributed by atoms with Crippen LogP contribution >= 0.6 is 23.2 Å². The van der Waals surface area contributed by atoms with Gasteiger partial charge in [0.25, 0.3) is 0 Å². The first-order valence-electron chi connectivity index (χ1n) is 12.6. The number of rotatable bonds is 9. The fourth-order valence-corrected chi connectivity index (χ4v) is 4.59. The maximum absolute atomic E-state index is 13.6. The van der Waals surface area contributed by atoms with Gasteiger partial charge in [-0.05, 0) is 52.4 Å².